The fourth-order valence-electron chi connectivity index (χ4n) is 2.16. The molecule has 1 heterocycles. The molecule has 0 saturated carbocycles. The molecule has 0 bridgehead atoms. The molecule has 1 aromatic carbocycles. The Labute approximate surface area is 145 Å². The minimum Gasteiger partial charge on any atom is -0.450 e. The zero-order valence-electron chi connectivity index (χ0n) is 14.7. The van der Waals surface area contributed by atoms with E-state index in [1.165, 1.54) is 0 Å². The van der Waals surface area contributed by atoms with Crippen molar-refractivity contribution in [1.82, 2.24) is 5.16 Å². The van der Waals surface area contributed by atoms with E-state index >= 15 is 0 Å². The fraction of sp³-hybridized carbons (Fsp3) is 0.353. The molecule has 1 atom stereocenters. The summed E-state index contributed by atoms with van der Waals surface area (Å²) in [4.78, 5) is 23.8. The van der Waals surface area contributed by atoms with Crippen LogP contribution >= 0.6 is 0 Å². The number of aromatic nitrogens is 1. The van der Waals surface area contributed by atoms with Crippen molar-refractivity contribution >= 4 is 29.3 Å². The lowest BCUT2D eigenvalue weighted by molar-refractivity contribution is -0.116. The van der Waals surface area contributed by atoms with E-state index in [0.717, 1.165) is 11.3 Å². The fourth-order valence-corrected chi connectivity index (χ4v) is 2.16. The van der Waals surface area contributed by atoms with E-state index in [0.29, 0.717) is 23.9 Å². The minimum atomic E-state index is -0.526. The molecule has 1 aromatic heterocycles. The van der Waals surface area contributed by atoms with Crippen molar-refractivity contribution in [2.45, 2.75) is 33.7 Å². The lowest BCUT2D eigenvalue weighted by Gasteiger charge is -2.18. The number of hydrogen-bond donors (Lipinski definition) is 3. The second kappa shape index (κ2) is 8.18. The van der Waals surface area contributed by atoms with Crippen molar-refractivity contribution in [2.24, 2.45) is 0 Å². The predicted octanol–water partition coefficient (Wildman–Crippen LogP) is 3.30. The molecule has 8 heteroatoms. The van der Waals surface area contributed by atoms with Crippen molar-refractivity contribution in [3.8, 4) is 0 Å². The number of carbonyl (C=O) groups is 2. The summed E-state index contributed by atoms with van der Waals surface area (Å²) in [6, 6.07) is 6.48. The van der Waals surface area contributed by atoms with E-state index in [1.807, 2.05) is 13.0 Å². The van der Waals surface area contributed by atoms with Crippen LogP contribution in [-0.2, 0) is 9.53 Å². The molecule has 25 heavy (non-hydrogen) atoms. The van der Waals surface area contributed by atoms with E-state index in [-0.39, 0.29) is 5.91 Å². The number of nitrogens with one attached hydrogen (secondary N) is 3. The number of benzene rings is 1. The van der Waals surface area contributed by atoms with Crippen LogP contribution in [0.2, 0.25) is 0 Å². The van der Waals surface area contributed by atoms with Gasteiger partial charge in [-0.1, -0.05) is 11.2 Å². The highest BCUT2D eigenvalue weighted by molar-refractivity contribution is 5.95. The summed E-state index contributed by atoms with van der Waals surface area (Å²) in [5.41, 5.74) is 2.82. The van der Waals surface area contributed by atoms with E-state index in [4.69, 9.17) is 9.26 Å². The van der Waals surface area contributed by atoms with Crippen LogP contribution in [0.1, 0.15) is 25.1 Å². The molecule has 0 radical (unpaired) electrons. The number of rotatable bonds is 6. The highest BCUT2D eigenvalue weighted by Gasteiger charge is 2.16. The van der Waals surface area contributed by atoms with Crippen LogP contribution in [0.5, 0.6) is 0 Å². The molecule has 0 aliphatic rings. The Morgan fingerprint density at radius 1 is 1.24 bits per heavy atom. The second-order valence-corrected chi connectivity index (χ2v) is 5.51. The lowest BCUT2D eigenvalue weighted by atomic mass is 10.1. The molecule has 0 spiro atoms. The van der Waals surface area contributed by atoms with Gasteiger partial charge in [0.25, 0.3) is 0 Å². The smallest absolute Gasteiger partial charge is 0.411 e. The lowest BCUT2D eigenvalue weighted by Crippen LogP contribution is -2.32. The van der Waals surface area contributed by atoms with Crippen molar-refractivity contribution in [2.75, 3.05) is 22.6 Å². The summed E-state index contributed by atoms with van der Waals surface area (Å²) in [6.07, 6.45) is -0.519. The van der Waals surface area contributed by atoms with Crippen LogP contribution in [0, 0.1) is 13.8 Å². The first-order valence-corrected chi connectivity index (χ1v) is 7.94. The van der Waals surface area contributed by atoms with Gasteiger partial charge in [0.2, 0.25) is 11.8 Å². The minimum absolute atomic E-state index is 0.265. The van der Waals surface area contributed by atoms with Gasteiger partial charge in [-0.2, -0.15) is 0 Å². The van der Waals surface area contributed by atoms with Gasteiger partial charge in [0.05, 0.1) is 12.3 Å². The molecule has 0 saturated heterocycles. The van der Waals surface area contributed by atoms with E-state index in [1.54, 1.807) is 39.0 Å². The first-order valence-electron chi connectivity index (χ1n) is 7.94. The average Bonchev–Trinajstić information content (AvgIpc) is 2.96. The molecule has 134 valence electrons. The number of hydrogen-bond acceptors (Lipinski definition) is 6. The van der Waals surface area contributed by atoms with Gasteiger partial charge in [0, 0.05) is 17.4 Å². The Kier molecular flexibility index (Phi) is 5.99. The Balaban J connectivity index is 2.03. The van der Waals surface area contributed by atoms with Gasteiger partial charge in [-0.15, -0.1) is 0 Å². The second-order valence-electron chi connectivity index (χ2n) is 5.51. The molecule has 0 aliphatic carbocycles. The highest BCUT2D eigenvalue weighted by Crippen LogP contribution is 2.24. The predicted molar refractivity (Wildman–Crippen MR) is 94.8 cm³/mol. The van der Waals surface area contributed by atoms with E-state index in [9.17, 15) is 9.59 Å². The van der Waals surface area contributed by atoms with Gasteiger partial charge in [-0.05, 0) is 45.4 Å². The summed E-state index contributed by atoms with van der Waals surface area (Å²) in [5, 5.41) is 12.2. The van der Waals surface area contributed by atoms with Crippen molar-refractivity contribution in [3.63, 3.8) is 0 Å². The number of nitrogens with zero attached hydrogens (tertiary/aromatic N) is 1. The van der Waals surface area contributed by atoms with Gasteiger partial charge >= 0.3 is 6.09 Å². The number of amides is 2. The summed E-state index contributed by atoms with van der Waals surface area (Å²) in [6.45, 7) is 7.37. The monoisotopic (exact) mass is 346 g/mol. The van der Waals surface area contributed by atoms with Crippen LogP contribution in [-0.4, -0.2) is 29.8 Å². The molecule has 0 fully saturated rings. The number of aryl methyl sites for hydroxylation is 1. The van der Waals surface area contributed by atoms with Crippen LogP contribution in [0.25, 0.3) is 0 Å². The van der Waals surface area contributed by atoms with Gasteiger partial charge in [0.15, 0.2) is 0 Å². The van der Waals surface area contributed by atoms with Crippen LogP contribution in [0.3, 0.4) is 0 Å². The number of anilines is 3. The molecule has 2 rings (SSSR count). The largest absolute Gasteiger partial charge is 0.450 e. The Bertz CT molecular complexity index is 757. The first-order chi connectivity index (χ1) is 11.9. The van der Waals surface area contributed by atoms with E-state index < -0.39 is 12.1 Å². The zero-order valence-corrected chi connectivity index (χ0v) is 14.7. The third kappa shape index (κ3) is 4.97. The quantitative estimate of drug-likeness (QED) is 0.741. The van der Waals surface area contributed by atoms with Crippen LogP contribution in [0.15, 0.2) is 28.8 Å². The van der Waals surface area contributed by atoms with Crippen molar-refractivity contribution in [3.05, 3.63) is 35.5 Å². The van der Waals surface area contributed by atoms with Crippen LogP contribution < -0.4 is 16.0 Å². The van der Waals surface area contributed by atoms with Gasteiger partial charge < -0.3 is 14.6 Å². The maximum absolute atomic E-state index is 12.2. The van der Waals surface area contributed by atoms with E-state index in [2.05, 4.69) is 21.1 Å². The summed E-state index contributed by atoms with van der Waals surface area (Å²) >= 11 is 0. The van der Waals surface area contributed by atoms with Gasteiger partial charge in [0.1, 0.15) is 6.04 Å². The normalized spacial score (nSPS) is 11.5. The van der Waals surface area contributed by atoms with Gasteiger partial charge in [-0.25, -0.2) is 4.79 Å². The van der Waals surface area contributed by atoms with Crippen LogP contribution in [0.4, 0.5) is 22.1 Å². The molecular weight excluding hydrogens is 324 g/mol. The Morgan fingerprint density at radius 3 is 2.60 bits per heavy atom. The molecule has 0 aliphatic heterocycles. The Morgan fingerprint density at radius 2 is 1.96 bits per heavy atom. The molecule has 8 nitrogen and oxygen atoms in total. The third-order valence-corrected chi connectivity index (χ3v) is 3.49. The van der Waals surface area contributed by atoms with Crippen molar-refractivity contribution < 1.29 is 18.8 Å². The summed E-state index contributed by atoms with van der Waals surface area (Å²) in [5.74, 6) is 0.0323. The maximum Gasteiger partial charge on any atom is 0.411 e. The SMILES string of the molecule is CCOC(=O)Nc1cccc(N[C@@H](C)C(=O)Nc2cc(C)no2)c1C. The molecule has 2 aromatic rings. The number of carbonyl (C=O) groups excluding carboxylic acids is 2. The molecular formula is C17H22N4O4. The summed E-state index contributed by atoms with van der Waals surface area (Å²) in [7, 11) is 0. The highest BCUT2D eigenvalue weighted by atomic mass is 16.5. The first kappa shape index (κ1) is 18.3. The molecule has 2 amide bonds. The standard InChI is InChI=1S/C17H22N4O4/c1-5-24-17(23)19-14-8-6-7-13(11(14)3)18-12(4)16(22)20-15-9-10(2)21-25-15/h6-9,12,18H,5H2,1-4H3,(H,19,23)(H,20,22)/t12-/m0/s1. The number of ether oxygens (including phenoxy) is 1. The summed E-state index contributed by atoms with van der Waals surface area (Å²) < 4.78 is 9.85. The average molecular weight is 346 g/mol. The zero-order chi connectivity index (χ0) is 18.4. The molecule has 3 N–H and O–H groups in total. The van der Waals surface area contributed by atoms with Crippen molar-refractivity contribution in [1.29, 1.82) is 0 Å². The topological polar surface area (TPSA) is 105 Å². The maximum atomic E-state index is 12.2. The third-order valence-electron chi connectivity index (χ3n) is 3.49. The molecule has 0 unspecified atom stereocenters. The Hall–Kier alpha value is -3.03. The van der Waals surface area contributed by atoms with Gasteiger partial charge in [-0.3, -0.25) is 15.4 Å².